The summed E-state index contributed by atoms with van der Waals surface area (Å²) < 4.78 is 2.24. The van der Waals surface area contributed by atoms with E-state index in [1.54, 1.807) is 0 Å². The first kappa shape index (κ1) is 10.6. The van der Waals surface area contributed by atoms with E-state index in [-0.39, 0.29) is 6.10 Å². The van der Waals surface area contributed by atoms with E-state index in [0.717, 1.165) is 18.8 Å². The Morgan fingerprint density at radius 1 is 1.19 bits per heavy atom. The maximum absolute atomic E-state index is 9.59. The zero-order valence-corrected chi connectivity index (χ0v) is 10.1. The Balaban J connectivity index is 1.85. The fraction of sp³-hybridized carbons (Fsp3) is 0.818. The summed E-state index contributed by atoms with van der Waals surface area (Å²) in [5.74, 6) is 5.23. The van der Waals surface area contributed by atoms with Gasteiger partial charge < -0.3 is 9.67 Å². The summed E-state index contributed by atoms with van der Waals surface area (Å²) in [5, 5.41) is 18.2. The van der Waals surface area contributed by atoms with Crippen LogP contribution in [0.4, 0.5) is 0 Å². The van der Waals surface area contributed by atoms with Crippen LogP contribution < -0.4 is 0 Å². The molecule has 1 aromatic heterocycles. The topological polar surface area (TPSA) is 50.9 Å². The highest BCUT2D eigenvalue weighted by Crippen LogP contribution is 2.31. The van der Waals surface area contributed by atoms with Crippen LogP contribution in [0.5, 0.6) is 0 Å². The van der Waals surface area contributed by atoms with Gasteiger partial charge in [-0.15, -0.1) is 10.2 Å². The molecule has 1 atom stereocenters. The molecule has 0 aliphatic carbocycles. The third kappa shape index (κ3) is 1.86. The summed E-state index contributed by atoms with van der Waals surface area (Å²) in [5.41, 5.74) is 0. The average molecular weight is 239 g/mol. The molecule has 0 spiro atoms. The van der Waals surface area contributed by atoms with Gasteiger partial charge in [0, 0.05) is 18.9 Å². The normalized spacial score (nSPS) is 26.7. The second-order valence-corrected chi connectivity index (χ2v) is 5.88. The van der Waals surface area contributed by atoms with Crippen molar-refractivity contribution in [1.82, 2.24) is 14.8 Å². The van der Waals surface area contributed by atoms with Crippen molar-refractivity contribution in [2.45, 2.75) is 44.2 Å². The summed E-state index contributed by atoms with van der Waals surface area (Å²) >= 11 is 2.04. The van der Waals surface area contributed by atoms with Crippen molar-refractivity contribution in [3.8, 4) is 0 Å². The minimum Gasteiger partial charge on any atom is -0.393 e. The van der Waals surface area contributed by atoms with Gasteiger partial charge in [-0.25, -0.2) is 0 Å². The fourth-order valence-corrected chi connectivity index (χ4v) is 3.70. The second-order valence-electron chi connectivity index (χ2n) is 4.66. The van der Waals surface area contributed by atoms with Crippen molar-refractivity contribution >= 4 is 11.8 Å². The molecule has 0 saturated carbocycles. The quantitative estimate of drug-likeness (QED) is 0.800. The maximum atomic E-state index is 9.59. The van der Waals surface area contributed by atoms with E-state index >= 15 is 0 Å². The molecule has 1 aromatic rings. The van der Waals surface area contributed by atoms with Gasteiger partial charge in [-0.3, -0.25) is 0 Å². The third-order valence-electron chi connectivity index (χ3n) is 3.55. The number of hydrogen-bond donors (Lipinski definition) is 1. The first-order valence-electron chi connectivity index (χ1n) is 6.02. The summed E-state index contributed by atoms with van der Waals surface area (Å²) in [6.07, 6.45) is 3.76. The number of nitrogens with zero attached hydrogens (tertiary/aromatic N) is 3. The highest BCUT2D eigenvalue weighted by molar-refractivity contribution is 7.99. The monoisotopic (exact) mass is 239 g/mol. The van der Waals surface area contributed by atoms with E-state index in [0.29, 0.717) is 12.3 Å². The van der Waals surface area contributed by atoms with E-state index in [4.69, 9.17) is 0 Å². The molecule has 1 fully saturated rings. The van der Waals surface area contributed by atoms with Gasteiger partial charge in [0.25, 0.3) is 0 Å². The third-order valence-corrected chi connectivity index (χ3v) is 4.60. The Bertz CT molecular complexity index is 373. The Labute approximate surface area is 99.4 Å². The summed E-state index contributed by atoms with van der Waals surface area (Å²) in [4.78, 5) is 0. The summed E-state index contributed by atoms with van der Waals surface area (Å²) in [6.45, 7) is 0.891. The smallest absolute Gasteiger partial charge is 0.136 e. The molecule has 2 aliphatic rings. The lowest BCUT2D eigenvalue weighted by Crippen LogP contribution is -2.25. The number of aromatic nitrogens is 3. The molecule has 1 saturated heterocycles. The van der Waals surface area contributed by atoms with Crippen LogP contribution in [-0.2, 0) is 13.0 Å². The Morgan fingerprint density at radius 2 is 2.00 bits per heavy atom. The van der Waals surface area contributed by atoms with Gasteiger partial charge in [0.05, 0.1) is 6.10 Å². The van der Waals surface area contributed by atoms with Crippen LogP contribution in [0.15, 0.2) is 0 Å². The minimum absolute atomic E-state index is 0.216. The number of aliphatic hydroxyl groups excluding tert-OH is 1. The van der Waals surface area contributed by atoms with Crippen molar-refractivity contribution in [2.24, 2.45) is 0 Å². The Morgan fingerprint density at radius 3 is 2.81 bits per heavy atom. The molecular weight excluding hydrogens is 222 g/mol. The largest absolute Gasteiger partial charge is 0.393 e. The number of fused-ring (bicyclic) bond motifs is 1. The van der Waals surface area contributed by atoms with Crippen LogP contribution in [-0.4, -0.2) is 37.5 Å². The molecule has 16 heavy (non-hydrogen) atoms. The molecule has 0 bridgehead atoms. The van der Waals surface area contributed by atoms with Crippen LogP contribution >= 0.6 is 11.8 Å². The van der Waals surface area contributed by atoms with Crippen LogP contribution in [0.3, 0.4) is 0 Å². The molecule has 5 heteroatoms. The highest BCUT2D eigenvalue weighted by Gasteiger charge is 2.26. The van der Waals surface area contributed by atoms with Crippen LogP contribution in [0.2, 0.25) is 0 Å². The number of rotatable bonds is 1. The van der Waals surface area contributed by atoms with Crippen molar-refractivity contribution in [1.29, 1.82) is 0 Å². The van der Waals surface area contributed by atoms with Crippen molar-refractivity contribution in [3.05, 3.63) is 11.6 Å². The number of thioether (sulfide) groups is 1. The zero-order chi connectivity index (χ0) is 11.0. The standard InChI is InChI=1S/C11H17N3OS/c15-9-1-4-14-10(7-9)12-13-11(14)8-2-5-16-6-3-8/h8-9,15H,1-7H2. The Kier molecular flexibility index (Phi) is 2.90. The van der Waals surface area contributed by atoms with Gasteiger partial charge in [-0.05, 0) is 30.8 Å². The summed E-state index contributed by atoms with van der Waals surface area (Å²) in [7, 11) is 0. The van der Waals surface area contributed by atoms with E-state index in [1.165, 1.54) is 30.2 Å². The molecule has 0 radical (unpaired) electrons. The van der Waals surface area contributed by atoms with Crippen LogP contribution in [0.1, 0.15) is 36.8 Å². The Hall–Kier alpha value is -0.550. The van der Waals surface area contributed by atoms with Gasteiger partial charge in [0.15, 0.2) is 0 Å². The molecule has 3 heterocycles. The van der Waals surface area contributed by atoms with Gasteiger partial charge in [-0.2, -0.15) is 11.8 Å². The van der Waals surface area contributed by atoms with E-state index in [2.05, 4.69) is 14.8 Å². The fourth-order valence-electron chi connectivity index (χ4n) is 2.59. The predicted molar refractivity (Wildman–Crippen MR) is 63.6 cm³/mol. The molecule has 2 aliphatic heterocycles. The number of aliphatic hydroxyl groups is 1. The lowest BCUT2D eigenvalue weighted by atomic mass is 10.0. The van der Waals surface area contributed by atoms with E-state index < -0.39 is 0 Å². The molecular formula is C11H17N3OS. The lowest BCUT2D eigenvalue weighted by molar-refractivity contribution is 0.140. The average Bonchev–Trinajstić information content (AvgIpc) is 2.73. The first-order valence-corrected chi connectivity index (χ1v) is 7.18. The van der Waals surface area contributed by atoms with Gasteiger partial charge >= 0.3 is 0 Å². The van der Waals surface area contributed by atoms with Crippen molar-refractivity contribution < 1.29 is 5.11 Å². The predicted octanol–water partition coefficient (Wildman–Crippen LogP) is 1.20. The summed E-state index contributed by atoms with van der Waals surface area (Å²) in [6, 6.07) is 0. The van der Waals surface area contributed by atoms with E-state index in [1.807, 2.05) is 11.8 Å². The molecule has 0 amide bonds. The number of hydrogen-bond acceptors (Lipinski definition) is 4. The highest BCUT2D eigenvalue weighted by atomic mass is 32.2. The zero-order valence-electron chi connectivity index (χ0n) is 9.30. The first-order chi connectivity index (χ1) is 7.84. The second kappa shape index (κ2) is 4.37. The van der Waals surface area contributed by atoms with Crippen LogP contribution in [0, 0.1) is 0 Å². The molecule has 88 valence electrons. The van der Waals surface area contributed by atoms with Gasteiger partial charge in [0.2, 0.25) is 0 Å². The molecule has 4 nitrogen and oxygen atoms in total. The van der Waals surface area contributed by atoms with Gasteiger partial charge in [0.1, 0.15) is 11.6 Å². The maximum Gasteiger partial charge on any atom is 0.136 e. The minimum atomic E-state index is -0.216. The molecule has 1 N–H and O–H groups in total. The van der Waals surface area contributed by atoms with Crippen molar-refractivity contribution in [2.75, 3.05) is 11.5 Å². The van der Waals surface area contributed by atoms with Gasteiger partial charge in [-0.1, -0.05) is 0 Å². The molecule has 0 aromatic carbocycles. The SMILES string of the molecule is OC1CCn2c(nnc2C2CCSCC2)C1. The van der Waals surface area contributed by atoms with E-state index in [9.17, 15) is 5.11 Å². The van der Waals surface area contributed by atoms with Crippen molar-refractivity contribution in [3.63, 3.8) is 0 Å². The molecule has 1 unspecified atom stereocenters. The van der Waals surface area contributed by atoms with Crippen LogP contribution in [0.25, 0.3) is 0 Å². The molecule has 3 rings (SSSR count). The lowest BCUT2D eigenvalue weighted by Gasteiger charge is -2.24.